The highest BCUT2D eigenvalue weighted by molar-refractivity contribution is 7.98. The van der Waals surface area contributed by atoms with Gasteiger partial charge in [0.2, 0.25) is 11.5 Å². The number of thioether (sulfide) groups is 1. The van der Waals surface area contributed by atoms with Crippen LogP contribution in [-0.4, -0.2) is 77.9 Å². The molecule has 10 heteroatoms. The molecule has 1 aliphatic rings. The Morgan fingerprint density at radius 2 is 1.25 bits per heavy atom. The van der Waals surface area contributed by atoms with Crippen LogP contribution < -0.4 is 33.3 Å². The monoisotopic (exact) mass is 735 g/mol. The summed E-state index contributed by atoms with van der Waals surface area (Å²) in [6, 6.07) is 30.2. The maximum absolute atomic E-state index is 5.66. The number of rotatable bonds is 15. The fourth-order valence-corrected chi connectivity index (χ4v) is 7.57. The maximum Gasteiger partial charge on any atom is 0.203 e. The van der Waals surface area contributed by atoms with Crippen LogP contribution in [0.3, 0.4) is 0 Å². The summed E-state index contributed by atoms with van der Waals surface area (Å²) in [5, 5.41) is 0. The first-order valence-electron chi connectivity index (χ1n) is 17.7. The third-order valence-corrected chi connectivity index (χ3v) is 10.6. The quantitative estimate of drug-likeness (QED) is 0.0974. The van der Waals surface area contributed by atoms with E-state index in [1.54, 1.807) is 54.4 Å². The second kappa shape index (κ2) is 17.6. The van der Waals surface area contributed by atoms with Crippen LogP contribution in [0, 0.1) is 0 Å². The molecule has 0 bridgehead atoms. The highest BCUT2D eigenvalue weighted by Crippen LogP contribution is 2.42. The molecule has 1 aliphatic heterocycles. The van der Waals surface area contributed by atoms with Gasteiger partial charge in [0.15, 0.2) is 23.0 Å². The number of anilines is 1. The maximum atomic E-state index is 5.66. The van der Waals surface area contributed by atoms with Crippen molar-refractivity contribution >= 4 is 17.4 Å². The molecule has 0 unspecified atom stereocenters. The predicted molar refractivity (Wildman–Crippen MR) is 214 cm³/mol. The van der Waals surface area contributed by atoms with Crippen molar-refractivity contribution in [1.29, 1.82) is 0 Å². The summed E-state index contributed by atoms with van der Waals surface area (Å²) in [6.45, 7) is 3.64. The number of aromatic nitrogens is 1. The van der Waals surface area contributed by atoms with Crippen molar-refractivity contribution in [2.45, 2.75) is 36.9 Å². The van der Waals surface area contributed by atoms with Gasteiger partial charge in [0.1, 0.15) is 0 Å². The second-order valence-corrected chi connectivity index (χ2v) is 13.8. The Morgan fingerprint density at radius 1 is 0.642 bits per heavy atom. The summed E-state index contributed by atoms with van der Waals surface area (Å²) < 4.78 is 33.6. The normalized spacial score (nSPS) is 13.3. The standard InChI is InChI=1S/C43H49N3O6S/c1-47-38-22-32(23-39(48-2)42(38)51-5)31-11-8-10-29(20-31)28-46(35-12-9-13-36(26-35)53-7)34-15-18-45(19-16-34)27-30-14-17-44-37(21-30)33-24-40(49-3)43(52-6)41(25-33)50-4/h8-14,17,20-26,34H,15-16,18-19,27-28H2,1-7H3. The summed E-state index contributed by atoms with van der Waals surface area (Å²) in [5.74, 6) is 3.65. The van der Waals surface area contributed by atoms with Crippen molar-refractivity contribution in [3.8, 4) is 56.9 Å². The van der Waals surface area contributed by atoms with Crippen LogP contribution in [0.4, 0.5) is 5.69 Å². The molecule has 53 heavy (non-hydrogen) atoms. The zero-order valence-corrected chi connectivity index (χ0v) is 32.5. The topological polar surface area (TPSA) is 74.8 Å². The zero-order valence-electron chi connectivity index (χ0n) is 31.7. The van der Waals surface area contributed by atoms with Crippen LogP contribution in [0.15, 0.2) is 96.0 Å². The molecule has 0 saturated carbocycles. The number of methoxy groups -OCH3 is 6. The number of hydrogen-bond donors (Lipinski definition) is 0. The lowest BCUT2D eigenvalue weighted by Crippen LogP contribution is -2.44. The Morgan fingerprint density at radius 3 is 1.83 bits per heavy atom. The van der Waals surface area contributed by atoms with Crippen molar-refractivity contribution < 1.29 is 28.4 Å². The first kappa shape index (κ1) is 37.7. The number of hydrogen-bond acceptors (Lipinski definition) is 10. The second-order valence-electron chi connectivity index (χ2n) is 12.9. The summed E-state index contributed by atoms with van der Waals surface area (Å²) >= 11 is 1.78. The van der Waals surface area contributed by atoms with Gasteiger partial charge in [-0.3, -0.25) is 9.88 Å². The Labute approximate surface area is 317 Å². The molecule has 6 rings (SSSR count). The highest BCUT2D eigenvalue weighted by atomic mass is 32.2. The molecule has 4 aromatic carbocycles. The molecular weight excluding hydrogens is 687 g/mol. The van der Waals surface area contributed by atoms with E-state index in [1.165, 1.54) is 21.7 Å². The molecule has 9 nitrogen and oxygen atoms in total. The molecule has 1 fully saturated rings. The van der Waals surface area contributed by atoms with E-state index in [1.807, 2.05) is 30.5 Å². The van der Waals surface area contributed by atoms with Crippen LogP contribution in [0.1, 0.15) is 24.0 Å². The van der Waals surface area contributed by atoms with Crippen LogP contribution in [0.5, 0.6) is 34.5 Å². The lowest BCUT2D eigenvalue weighted by atomic mass is 9.98. The third kappa shape index (κ3) is 8.61. The lowest BCUT2D eigenvalue weighted by Gasteiger charge is -2.40. The molecule has 0 radical (unpaired) electrons. The first-order valence-corrected chi connectivity index (χ1v) is 18.9. The van der Waals surface area contributed by atoms with E-state index in [2.05, 4.69) is 81.7 Å². The summed E-state index contributed by atoms with van der Waals surface area (Å²) in [4.78, 5) is 11.1. The SMILES string of the molecule is COc1cc(-c2cccc(CN(c3cccc(SC)c3)C3CCN(Cc4ccnc(-c5cc(OC)c(OC)c(OC)c5)c4)CC3)c2)cc(OC)c1OC. The van der Waals surface area contributed by atoms with Crippen molar-refractivity contribution in [1.82, 2.24) is 9.88 Å². The van der Waals surface area contributed by atoms with E-state index in [-0.39, 0.29) is 0 Å². The molecule has 2 heterocycles. The molecule has 278 valence electrons. The van der Waals surface area contributed by atoms with Gasteiger partial charge in [-0.2, -0.15) is 0 Å². The smallest absolute Gasteiger partial charge is 0.203 e. The van der Waals surface area contributed by atoms with Gasteiger partial charge in [-0.1, -0.05) is 24.3 Å². The van der Waals surface area contributed by atoms with Crippen LogP contribution >= 0.6 is 11.8 Å². The number of likely N-dealkylation sites (tertiary alicyclic amines) is 1. The van der Waals surface area contributed by atoms with Gasteiger partial charge in [-0.15, -0.1) is 11.8 Å². The van der Waals surface area contributed by atoms with Gasteiger partial charge >= 0.3 is 0 Å². The van der Waals surface area contributed by atoms with Gasteiger partial charge < -0.3 is 33.3 Å². The van der Waals surface area contributed by atoms with E-state index in [0.717, 1.165) is 61.4 Å². The average Bonchev–Trinajstić information content (AvgIpc) is 3.22. The van der Waals surface area contributed by atoms with Gasteiger partial charge in [-0.25, -0.2) is 0 Å². The minimum absolute atomic E-state index is 0.389. The van der Waals surface area contributed by atoms with E-state index < -0.39 is 0 Å². The molecule has 0 spiro atoms. The Bertz CT molecular complexity index is 1950. The van der Waals surface area contributed by atoms with Crippen molar-refractivity contribution in [2.24, 2.45) is 0 Å². The molecule has 0 amide bonds. The minimum atomic E-state index is 0.389. The minimum Gasteiger partial charge on any atom is -0.493 e. The van der Waals surface area contributed by atoms with Crippen LogP contribution in [-0.2, 0) is 13.1 Å². The zero-order chi connectivity index (χ0) is 37.3. The molecule has 0 aliphatic carbocycles. The van der Waals surface area contributed by atoms with Crippen molar-refractivity contribution in [3.63, 3.8) is 0 Å². The average molecular weight is 736 g/mol. The molecule has 1 saturated heterocycles. The highest BCUT2D eigenvalue weighted by Gasteiger charge is 2.26. The molecular formula is C43H49N3O6S. The van der Waals surface area contributed by atoms with E-state index in [0.29, 0.717) is 40.5 Å². The molecule has 5 aromatic rings. The summed E-state index contributed by atoms with van der Waals surface area (Å²) in [7, 11) is 9.79. The van der Waals surface area contributed by atoms with Crippen molar-refractivity contribution in [2.75, 3.05) is 66.9 Å². The number of ether oxygens (including phenoxy) is 6. The molecule has 0 N–H and O–H groups in total. The Kier molecular flexibility index (Phi) is 12.5. The van der Waals surface area contributed by atoms with Crippen LogP contribution in [0.25, 0.3) is 22.4 Å². The first-order chi connectivity index (χ1) is 25.9. The van der Waals surface area contributed by atoms with E-state index in [9.17, 15) is 0 Å². The van der Waals surface area contributed by atoms with Crippen molar-refractivity contribution in [3.05, 3.63) is 102 Å². The fraction of sp³-hybridized carbons (Fsp3) is 0.326. The Balaban J connectivity index is 1.20. The molecule has 0 atom stereocenters. The predicted octanol–water partition coefficient (Wildman–Crippen LogP) is 8.86. The fourth-order valence-electron chi connectivity index (χ4n) is 7.12. The molecule has 1 aromatic heterocycles. The third-order valence-electron chi connectivity index (χ3n) is 9.85. The van der Waals surface area contributed by atoms with Gasteiger partial charge in [0.25, 0.3) is 0 Å². The van der Waals surface area contributed by atoms with Crippen LogP contribution in [0.2, 0.25) is 0 Å². The summed E-state index contributed by atoms with van der Waals surface area (Å²) in [5.41, 5.74) is 7.59. The van der Waals surface area contributed by atoms with Gasteiger partial charge in [0, 0.05) is 54.6 Å². The van der Waals surface area contributed by atoms with E-state index >= 15 is 0 Å². The lowest BCUT2D eigenvalue weighted by molar-refractivity contribution is 0.201. The van der Waals surface area contributed by atoms with E-state index in [4.69, 9.17) is 28.4 Å². The summed E-state index contributed by atoms with van der Waals surface area (Å²) in [6.07, 6.45) is 6.13. The number of nitrogens with zero attached hydrogens (tertiary/aromatic N) is 3. The Hall–Kier alpha value is -5.06. The van der Waals surface area contributed by atoms with Gasteiger partial charge in [-0.05, 0) is 102 Å². The van der Waals surface area contributed by atoms with Gasteiger partial charge in [0.05, 0.1) is 48.4 Å². The number of piperidine rings is 1. The largest absolute Gasteiger partial charge is 0.493 e. The number of benzene rings is 4. The number of pyridine rings is 1.